The lowest BCUT2D eigenvalue weighted by molar-refractivity contribution is -0.137. The molecule has 1 saturated carbocycles. The molecule has 0 radical (unpaired) electrons. The van der Waals surface area contributed by atoms with E-state index in [1.807, 2.05) is 4.90 Å². The van der Waals surface area contributed by atoms with Crippen LogP contribution in [0.3, 0.4) is 0 Å². The van der Waals surface area contributed by atoms with Gasteiger partial charge in [-0.05, 0) is 18.8 Å². The molecule has 2 N–H and O–H groups in total. The molecule has 0 aromatic heterocycles. The topological polar surface area (TPSA) is 60.5 Å². The van der Waals surface area contributed by atoms with E-state index in [4.69, 9.17) is 10.2 Å². The van der Waals surface area contributed by atoms with Crippen molar-refractivity contribution < 1.29 is 15.0 Å². The van der Waals surface area contributed by atoms with E-state index in [0.29, 0.717) is 12.5 Å². The van der Waals surface area contributed by atoms with Crippen molar-refractivity contribution in [2.75, 3.05) is 13.2 Å². The number of β-amino-alcohol motifs (C(OH)–C–C–N with tert-alkyl or cyclic N) is 1. The van der Waals surface area contributed by atoms with Crippen LogP contribution in [-0.4, -0.2) is 46.3 Å². The first-order valence-electron chi connectivity index (χ1n) is 4.35. The van der Waals surface area contributed by atoms with E-state index in [9.17, 15) is 4.79 Å². The number of carbonyl (C=O) groups is 1. The Morgan fingerprint density at radius 1 is 1.50 bits per heavy atom. The second kappa shape index (κ2) is 2.71. The highest BCUT2D eigenvalue weighted by atomic mass is 16.4. The maximum Gasteiger partial charge on any atom is 0.322 e. The van der Waals surface area contributed by atoms with E-state index in [1.165, 1.54) is 0 Å². The molecule has 2 aliphatic rings. The third-order valence-electron chi connectivity index (χ3n) is 2.69. The van der Waals surface area contributed by atoms with Gasteiger partial charge in [0.15, 0.2) is 0 Å². The molecule has 0 amide bonds. The normalized spacial score (nSPS) is 39.6. The summed E-state index contributed by atoms with van der Waals surface area (Å²) >= 11 is 0. The molecule has 2 fully saturated rings. The van der Waals surface area contributed by atoms with E-state index in [0.717, 1.165) is 12.8 Å². The second-order valence-electron chi connectivity index (χ2n) is 3.57. The summed E-state index contributed by atoms with van der Waals surface area (Å²) in [5, 5.41) is 17.4. The van der Waals surface area contributed by atoms with Crippen molar-refractivity contribution in [3.63, 3.8) is 0 Å². The van der Waals surface area contributed by atoms with Crippen LogP contribution in [0.2, 0.25) is 0 Å². The van der Waals surface area contributed by atoms with Crippen molar-refractivity contribution >= 4 is 5.97 Å². The molecule has 1 unspecified atom stereocenters. The molecule has 3 atom stereocenters. The van der Waals surface area contributed by atoms with Gasteiger partial charge in [0.1, 0.15) is 6.04 Å². The summed E-state index contributed by atoms with van der Waals surface area (Å²) in [6, 6.07) is -0.0701. The van der Waals surface area contributed by atoms with Gasteiger partial charge < -0.3 is 10.2 Å². The number of carboxylic acids is 1. The van der Waals surface area contributed by atoms with Crippen molar-refractivity contribution in [2.45, 2.75) is 24.9 Å². The van der Waals surface area contributed by atoms with Gasteiger partial charge >= 0.3 is 5.97 Å². The average molecular weight is 171 g/mol. The van der Waals surface area contributed by atoms with Crippen LogP contribution < -0.4 is 0 Å². The van der Waals surface area contributed by atoms with E-state index in [-0.39, 0.29) is 18.7 Å². The second-order valence-corrected chi connectivity index (χ2v) is 3.57. The minimum absolute atomic E-state index is 0.0625. The Labute approximate surface area is 70.8 Å². The summed E-state index contributed by atoms with van der Waals surface area (Å²) in [7, 11) is 0. The van der Waals surface area contributed by atoms with Crippen molar-refractivity contribution in [1.82, 2.24) is 4.90 Å². The van der Waals surface area contributed by atoms with Crippen molar-refractivity contribution in [3.05, 3.63) is 0 Å². The Morgan fingerprint density at radius 2 is 2.17 bits per heavy atom. The minimum Gasteiger partial charge on any atom is -0.480 e. The molecule has 12 heavy (non-hydrogen) atoms. The SMILES string of the molecule is O=C(O)[C@H]1[C@@H](C2CC2)N1CCO. The molecular weight excluding hydrogens is 158 g/mol. The van der Waals surface area contributed by atoms with Crippen LogP contribution in [0.5, 0.6) is 0 Å². The first-order valence-corrected chi connectivity index (χ1v) is 4.35. The zero-order chi connectivity index (χ0) is 8.72. The Kier molecular flexibility index (Phi) is 1.81. The molecule has 1 saturated heterocycles. The Morgan fingerprint density at radius 3 is 2.58 bits per heavy atom. The van der Waals surface area contributed by atoms with Crippen molar-refractivity contribution in [1.29, 1.82) is 0 Å². The Hall–Kier alpha value is -0.610. The predicted molar refractivity (Wildman–Crippen MR) is 41.7 cm³/mol. The van der Waals surface area contributed by atoms with Crippen LogP contribution in [-0.2, 0) is 4.79 Å². The summed E-state index contributed by atoms with van der Waals surface area (Å²) in [5.41, 5.74) is 0. The number of hydrogen-bond donors (Lipinski definition) is 2. The van der Waals surface area contributed by atoms with E-state index in [2.05, 4.69) is 0 Å². The van der Waals surface area contributed by atoms with Gasteiger partial charge in [-0.15, -0.1) is 0 Å². The molecule has 2 rings (SSSR count). The summed E-state index contributed by atoms with van der Waals surface area (Å²) < 4.78 is 0. The van der Waals surface area contributed by atoms with Crippen LogP contribution in [0, 0.1) is 5.92 Å². The summed E-state index contributed by atoms with van der Waals surface area (Å²) in [4.78, 5) is 12.5. The molecule has 0 aromatic rings. The Bertz CT molecular complexity index is 202. The average Bonchev–Trinajstić information content (AvgIpc) is 2.78. The van der Waals surface area contributed by atoms with Crippen molar-refractivity contribution in [2.24, 2.45) is 5.92 Å². The Balaban J connectivity index is 1.91. The van der Waals surface area contributed by atoms with Crippen LogP contribution in [0.15, 0.2) is 0 Å². The van der Waals surface area contributed by atoms with E-state index < -0.39 is 5.97 Å². The van der Waals surface area contributed by atoms with E-state index in [1.54, 1.807) is 0 Å². The molecule has 1 aliphatic heterocycles. The molecule has 0 bridgehead atoms. The van der Waals surface area contributed by atoms with Crippen molar-refractivity contribution in [3.8, 4) is 0 Å². The third-order valence-corrected chi connectivity index (χ3v) is 2.69. The fraction of sp³-hybridized carbons (Fsp3) is 0.875. The predicted octanol–water partition coefficient (Wildman–Crippen LogP) is -0.474. The first-order chi connectivity index (χ1) is 5.75. The number of rotatable bonds is 4. The van der Waals surface area contributed by atoms with Gasteiger partial charge in [0.25, 0.3) is 0 Å². The maximum absolute atomic E-state index is 10.7. The molecule has 4 nitrogen and oxygen atoms in total. The highest BCUT2D eigenvalue weighted by Gasteiger charge is 2.58. The van der Waals surface area contributed by atoms with Crippen LogP contribution in [0.1, 0.15) is 12.8 Å². The van der Waals surface area contributed by atoms with Crippen LogP contribution in [0.4, 0.5) is 0 Å². The van der Waals surface area contributed by atoms with E-state index >= 15 is 0 Å². The standard InChI is InChI=1S/C8H13NO3/c10-4-3-9-6(5-1-2-5)7(9)8(11)12/h5-7,10H,1-4H2,(H,11,12)/t6-,7-,9?/m1/s1. The summed E-state index contributed by atoms with van der Waals surface area (Å²) in [6.45, 7) is 0.575. The van der Waals surface area contributed by atoms with Gasteiger partial charge in [-0.1, -0.05) is 0 Å². The number of aliphatic hydroxyl groups excluding tert-OH is 1. The molecule has 4 heteroatoms. The quantitative estimate of drug-likeness (QED) is 0.561. The zero-order valence-corrected chi connectivity index (χ0v) is 6.81. The summed E-state index contributed by atoms with van der Waals surface area (Å²) in [5.74, 6) is -0.141. The lowest BCUT2D eigenvalue weighted by Gasteiger charge is -1.96. The number of aliphatic carboxylic acids is 1. The fourth-order valence-electron chi connectivity index (χ4n) is 1.95. The largest absolute Gasteiger partial charge is 0.480 e. The monoisotopic (exact) mass is 171 g/mol. The summed E-state index contributed by atoms with van der Waals surface area (Å²) in [6.07, 6.45) is 2.33. The van der Waals surface area contributed by atoms with Gasteiger partial charge in [-0.25, -0.2) is 0 Å². The highest BCUT2D eigenvalue weighted by molar-refractivity contribution is 5.78. The van der Waals surface area contributed by atoms with Crippen LogP contribution in [0.25, 0.3) is 0 Å². The first kappa shape index (κ1) is 8.01. The van der Waals surface area contributed by atoms with Gasteiger partial charge in [0, 0.05) is 12.6 Å². The lowest BCUT2D eigenvalue weighted by atomic mass is 10.2. The molecule has 1 heterocycles. The minimum atomic E-state index is -0.736. The molecule has 0 spiro atoms. The highest BCUT2D eigenvalue weighted by Crippen LogP contribution is 2.46. The number of aliphatic hydroxyl groups is 1. The van der Waals surface area contributed by atoms with Gasteiger partial charge in [0.2, 0.25) is 0 Å². The lowest BCUT2D eigenvalue weighted by Crippen LogP contribution is -2.14. The molecule has 0 aromatic carbocycles. The van der Waals surface area contributed by atoms with Crippen LogP contribution >= 0.6 is 0 Å². The molecular formula is C8H13NO3. The molecule has 1 aliphatic carbocycles. The number of hydrogen-bond acceptors (Lipinski definition) is 3. The molecule has 68 valence electrons. The number of carboxylic acid groups (broad SMARTS) is 1. The fourth-order valence-corrected chi connectivity index (χ4v) is 1.95. The zero-order valence-electron chi connectivity index (χ0n) is 6.81. The van der Waals surface area contributed by atoms with Gasteiger partial charge in [-0.2, -0.15) is 0 Å². The maximum atomic E-state index is 10.7. The van der Waals surface area contributed by atoms with Gasteiger partial charge in [-0.3, -0.25) is 9.69 Å². The number of nitrogens with zero attached hydrogens (tertiary/aromatic N) is 1. The van der Waals surface area contributed by atoms with Gasteiger partial charge in [0.05, 0.1) is 6.61 Å². The third kappa shape index (κ3) is 1.21. The smallest absolute Gasteiger partial charge is 0.322 e.